The minimum absolute atomic E-state index is 0.154. The van der Waals surface area contributed by atoms with E-state index in [9.17, 15) is 4.79 Å². The predicted octanol–water partition coefficient (Wildman–Crippen LogP) is 3.24. The number of halogens is 1. The molecule has 4 rings (SSSR count). The molecule has 1 aliphatic heterocycles. The minimum atomic E-state index is -0.154. The minimum Gasteiger partial charge on any atom is -0.454 e. The van der Waals surface area contributed by atoms with Gasteiger partial charge >= 0.3 is 0 Å². The van der Waals surface area contributed by atoms with Gasteiger partial charge in [-0.25, -0.2) is 0 Å². The van der Waals surface area contributed by atoms with Gasteiger partial charge in [-0.2, -0.15) is 5.10 Å². The van der Waals surface area contributed by atoms with Crippen LogP contribution in [-0.4, -0.2) is 22.5 Å². The number of amides is 1. The maximum atomic E-state index is 12.3. The van der Waals surface area contributed by atoms with Crippen LogP contribution >= 0.6 is 11.6 Å². The molecule has 0 fully saturated rings. The van der Waals surface area contributed by atoms with E-state index in [0.717, 1.165) is 11.1 Å². The average Bonchev–Trinajstić information content (AvgIpc) is 3.29. The number of aromatic nitrogens is 2. The molecule has 1 aromatic heterocycles. The van der Waals surface area contributed by atoms with Gasteiger partial charge in [0, 0.05) is 18.3 Å². The summed E-state index contributed by atoms with van der Waals surface area (Å²) in [5, 5.41) is 7.69. The molecule has 0 bridgehead atoms. The summed E-state index contributed by atoms with van der Waals surface area (Å²) >= 11 is 5.87. The summed E-state index contributed by atoms with van der Waals surface area (Å²) in [5.41, 5.74) is 2.67. The van der Waals surface area contributed by atoms with Crippen molar-refractivity contribution in [2.45, 2.75) is 13.1 Å². The second-order valence-electron chi connectivity index (χ2n) is 5.92. The summed E-state index contributed by atoms with van der Waals surface area (Å²) in [6, 6.07) is 13.2. The Morgan fingerprint density at radius 2 is 1.88 bits per heavy atom. The molecule has 2 heterocycles. The average molecular weight is 370 g/mol. The third kappa shape index (κ3) is 3.65. The number of nitrogens with one attached hydrogen (secondary N) is 1. The molecule has 0 aliphatic carbocycles. The molecule has 132 valence electrons. The van der Waals surface area contributed by atoms with E-state index in [1.54, 1.807) is 35.3 Å². The quantitative estimate of drug-likeness (QED) is 0.749. The summed E-state index contributed by atoms with van der Waals surface area (Å²) < 4.78 is 12.3. The Bertz CT molecular complexity index is 937. The SMILES string of the molecule is O=C(NCc1ccc(Cn2cc(Cl)cn2)cc1)c1ccc2c(c1)OCO2. The first kappa shape index (κ1) is 16.5. The molecule has 1 amide bonds. The van der Waals surface area contributed by atoms with Crippen molar-refractivity contribution in [1.29, 1.82) is 0 Å². The van der Waals surface area contributed by atoms with Gasteiger partial charge in [0.15, 0.2) is 11.5 Å². The van der Waals surface area contributed by atoms with Crippen LogP contribution in [0.2, 0.25) is 5.02 Å². The third-order valence-electron chi connectivity index (χ3n) is 4.06. The van der Waals surface area contributed by atoms with Crippen LogP contribution in [-0.2, 0) is 13.1 Å². The molecule has 3 aromatic rings. The zero-order valence-electron chi connectivity index (χ0n) is 13.8. The molecule has 0 saturated carbocycles. The molecular weight excluding hydrogens is 354 g/mol. The summed E-state index contributed by atoms with van der Waals surface area (Å²) in [7, 11) is 0. The largest absolute Gasteiger partial charge is 0.454 e. The molecule has 0 radical (unpaired) electrons. The number of rotatable bonds is 5. The normalized spacial score (nSPS) is 12.2. The number of carbonyl (C=O) groups excluding carboxylic acids is 1. The van der Waals surface area contributed by atoms with E-state index in [1.807, 2.05) is 24.3 Å². The molecule has 0 saturated heterocycles. The van der Waals surface area contributed by atoms with Crippen molar-refractivity contribution >= 4 is 17.5 Å². The van der Waals surface area contributed by atoms with Crippen molar-refractivity contribution in [3.63, 3.8) is 0 Å². The second-order valence-corrected chi connectivity index (χ2v) is 6.36. The highest BCUT2D eigenvalue weighted by atomic mass is 35.5. The molecule has 7 heteroatoms. The molecule has 0 unspecified atom stereocenters. The van der Waals surface area contributed by atoms with Gasteiger partial charge in [0.05, 0.1) is 17.8 Å². The van der Waals surface area contributed by atoms with Crippen molar-refractivity contribution in [3.05, 3.63) is 76.6 Å². The van der Waals surface area contributed by atoms with Crippen LogP contribution in [0.3, 0.4) is 0 Å². The zero-order valence-corrected chi connectivity index (χ0v) is 14.6. The van der Waals surface area contributed by atoms with Crippen molar-refractivity contribution in [2.75, 3.05) is 6.79 Å². The Kier molecular flexibility index (Phi) is 4.50. The van der Waals surface area contributed by atoms with Crippen LogP contribution in [0, 0.1) is 0 Å². The van der Waals surface area contributed by atoms with Crippen LogP contribution < -0.4 is 14.8 Å². The highest BCUT2D eigenvalue weighted by Gasteiger charge is 2.16. The van der Waals surface area contributed by atoms with Crippen LogP contribution in [0.4, 0.5) is 0 Å². The van der Waals surface area contributed by atoms with Crippen LogP contribution in [0.1, 0.15) is 21.5 Å². The van der Waals surface area contributed by atoms with E-state index in [2.05, 4.69) is 10.4 Å². The Hall–Kier alpha value is -2.99. The summed E-state index contributed by atoms with van der Waals surface area (Å²) in [4.78, 5) is 12.3. The second kappa shape index (κ2) is 7.09. The first-order chi connectivity index (χ1) is 12.7. The van der Waals surface area contributed by atoms with Gasteiger partial charge in [0.1, 0.15) is 0 Å². The number of hydrogen-bond acceptors (Lipinski definition) is 4. The molecule has 0 spiro atoms. The Balaban J connectivity index is 1.35. The van der Waals surface area contributed by atoms with Gasteiger partial charge in [0.2, 0.25) is 6.79 Å². The smallest absolute Gasteiger partial charge is 0.251 e. The van der Waals surface area contributed by atoms with Gasteiger partial charge in [0.25, 0.3) is 5.91 Å². The first-order valence-corrected chi connectivity index (χ1v) is 8.49. The van der Waals surface area contributed by atoms with E-state index in [1.165, 1.54) is 0 Å². The number of benzene rings is 2. The van der Waals surface area contributed by atoms with E-state index >= 15 is 0 Å². The lowest BCUT2D eigenvalue weighted by Crippen LogP contribution is -2.22. The van der Waals surface area contributed by atoms with Crippen LogP contribution in [0.25, 0.3) is 0 Å². The molecule has 6 nitrogen and oxygen atoms in total. The van der Waals surface area contributed by atoms with E-state index in [0.29, 0.717) is 35.2 Å². The Labute approximate surface area is 155 Å². The van der Waals surface area contributed by atoms with Crippen LogP contribution in [0.5, 0.6) is 11.5 Å². The molecular formula is C19H16ClN3O3. The van der Waals surface area contributed by atoms with Gasteiger partial charge < -0.3 is 14.8 Å². The van der Waals surface area contributed by atoms with Gasteiger partial charge in [-0.1, -0.05) is 35.9 Å². The first-order valence-electron chi connectivity index (χ1n) is 8.11. The number of nitrogens with zero attached hydrogens (tertiary/aromatic N) is 2. The lowest BCUT2D eigenvalue weighted by Gasteiger charge is -2.07. The van der Waals surface area contributed by atoms with E-state index < -0.39 is 0 Å². The maximum Gasteiger partial charge on any atom is 0.251 e. The standard InChI is InChI=1S/C19H16ClN3O3/c20-16-9-22-23(11-16)10-14-3-1-13(2-4-14)8-21-19(24)15-5-6-17-18(7-15)26-12-25-17/h1-7,9,11H,8,10,12H2,(H,21,24). The van der Waals surface area contributed by atoms with Crippen molar-refractivity contribution in [1.82, 2.24) is 15.1 Å². The molecule has 2 aromatic carbocycles. The lowest BCUT2D eigenvalue weighted by molar-refractivity contribution is 0.0950. The van der Waals surface area contributed by atoms with Gasteiger partial charge in [-0.15, -0.1) is 0 Å². The fourth-order valence-electron chi connectivity index (χ4n) is 2.70. The number of fused-ring (bicyclic) bond motifs is 1. The predicted molar refractivity (Wildman–Crippen MR) is 96.5 cm³/mol. The fraction of sp³-hybridized carbons (Fsp3) is 0.158. The van der Waals surface area contributed by atoms with Crippen molar-refractivity contribution < 1.29 is 14.3 Å². The Morgan fingerprint density at radius 1 is 1.12 bits per heavy atom. The van der Waals surface area contributed by atoms with E-state index in [4.69, 9.17) is 21.1 Å². The van der Waals surface area contributed by atoms with Gasteiger partial charge in [-0.3, -0.25) is 9.48 Å². The molecule has 0 atom stereocenters. The highest BCUT2D eigenvalue weighted by Crippen LogP contribution is 2.32. The van der Waals surface area contributed by atoms with Crippen molar-refractivity contribution in [3.8, 4) is 11.5 Å². The topological polar surface area (TPSA) is 65.4 Å². The fourth-order valence-corrected chi connectivity index (χ4v) is 2.85. The number of ether oxygens (including phenoxy) is 2. The molecule has 1 N–H and O–H groups in total. The lowest BCUT2D eigenvalue weighted by atomic mass is 10.1. The molecule has 1 aliphatic rings. The van der Waals surface area contributed by atoms with Crippen LogP contribution in [0.15, 0.2) is 54.9 Å². The third-order valence-corrected chi connectivity index (χ3v) is 4.25. The summed E-state index contributed by atoms with van der Waals surface area (Å²) in [6.07, 6.45) is 3.39. The summed E-state index contributed by atoms with van der Waals surface area (Å²) in [5.74, 6) is 1.11. The summed E-state index contributed by atoms with van der Waals surface area (Å²) in [6.45, 7) is 1.29. The number of hydrogen-bond donors (Lipinski definition) is 1. The van der Waals surface area contributed by atoms with E-state index in [-0.39, 0.29) is 12.7 Å². The monoisotopic (exact) mass is 369 g/mol. The zero-order chi connectivity index (χ0) is 17.9. The highest BCUT2D eigenvalue weighted by molar-refractivity contribution is 6.30. The number of carbonyl (C=O) groups is 1. The van der Waals surface area contributed by atoms with Gasteiger partial charge in [-0.05, 0) is 29.3 Å². The molecule has 26 heavy (non-hydrogen) atoms. The Morgan fingerprint density at radius 3 is 2.65 bits per heavy atom. The van der Waals surface area contributed by atoms with Crippen molar-refractivity contribution in [2.24, 2.45) is 0 Å². The maximum absolute atomic E-state index is 12.3.